The molecule has 0 saturated carbocycles. The highest BCUT2D eigenvalue weighted by molar-refractivity contribution is 6.36. The van der Waals surface area contributed by atoms with E-state index in [1.54, 1.807) is 18.2 Å². The highest BCUT2D eigenvalue weighted by atomic mass is 35.5. The van der Waals surface area contributed by atoms with Crippen LogP contribution in [-0.2, 0) is 19.9 Å². The number of nitrogens with zero attached hydrogens (tertiary/aromatic N) is 2. The predicted octanol–water partition coefficient (Wildman–Crippen LogP) is 4.04. The van der Waals surface area contributed by atoms with Crippen LogP contribution < -0.4 is 10.2 Å². The van der Waals surface area contributed by atoms with Crippen molar-refractivity contribution < 1.29 is 14.4 Å². The van der Waals surface area contributed by atoms with Gasteiger partial charge in [-0.15, -0.1) is 0 Å². The van der Waals surface area contributed by atoms with Gasteiger partial charge >= 0.3 is 0 Å². The molecule has 2 aromatic rings. The Labute approximate surface area is 195 Å². The zero-order valence-corrected chi connectivity index (χ0v) is 19.1. The van der Waals surface area contributed by atoms with Gasteiger partial charge in [0.05, 0.1) is 17.5 Å². The quantitative estimate of drug-likeness (QED) is 0.639. The van der Waals surface area contributed by atoms with Gasteiger partial charge < -0.3 is 5.32 Å². The third-order valence-corrected chi connectivity index (χ3v) is 7.99. The van der Waals surface area contributed by atoms with Crippen molar-refractivity contribution in [3.8, 4) is 0 Å². The number of rotatable bonds is 1. The first-order chi connectivity index (χ1) is 15.2. The van der Waals surface area contributed by atoms with Crippen molar-refractivity contribution in [1.29, 1.82) is 0 Å². The number of amides is 3. The lowest BCUT2D eigenvalue weighted by molar-refractivity contribution is -0.135. The molecule has 8 heteroatoms. The van der Waals surface area contributed by atoms with Crippen molar-refractivity contribution in [2.45, 2.75) is 38.3 Å². The van der Waals surface area contributed by atoms with E-state index in [2.05, 4.69) is 10.2 Å². The largest absolute Gasteiger partial charge is 0.324 e. The summed E-state index contributed by atoms with van der Waals surface area (Å²) >= 11 is 12.3. The van der Waals surface area contributed by atoms with Crippen molar-refractivity contribution in [3.63, 3.8) is 0 Å². The summed E-state index contributed by atoms with van der Waals surface area (Å²) in [5, 5.41) is 3.74. The number of carbonyl (C=O) groups excluding carboxylic acids is 3. The average Bonchev–Trinajstić information content (AvgIpc) is 3.40. The van der Waals surface area contributed by atoms with Crippen LogP contribution in [0.2, 0.25) is 10.0 Å². The maximum Gasteiger partial charge on any atom is 0.250 e. The first-order valence-electron chi connectivity index (χ1n) is 10.8. The lowest BCUT2D eigenvalue weighted by Crippen LogP contribution is -2.54. The number of fused-ring (bicyclic) bond motifs is 7. The predicted molar refractivity (Wildman–Crippen MR) is 122 cm³/mol. The van der Waals surface area contributed by atoms with E-state index >= 15 is 0 Å². The van der Waals surface area contributed by atoms with E-state index in [1.807, 2.05) is 26.0 Å². The van der Waals surface area contributed by atoms with E-state index in [1.165, 1.54) is 4.90 Å². The molecule has 4 heterocycles. The molecule has 4 aliphatic rings. The van der Waals surface area contributed by atoms with E-state index in [-0.39, 0.29) is 23.8 Å². The molecular formula is C24H21Cl2N3O3. The summed E-state index contributed by atoms with van der Waals surface area (Å²) in [7, 11) is 0. The summed E-state index contributed by atoms with van der Waals surface area (Å²) in [4.78, 5) is 44.7. The molecule has 4 unspecified atom stereocenters. The Morgan fingerprint density at radius 2 is 1.72 bits per heavy atom. The van der Waals surface area contributed by atoms with Crippen LogP contribution in [-0.4, -0.2) is 35.2 Å². The molecule has 164 valence electrons. The van der Waals surface area contributed by atoms with Crippen LogP contribution >= 0.6 is 23.2 Å². The number of benzene rings is 2. The minimum Gasteiger partial charge on any atom is -0.324 e. The van der Waals surface area contributed by atoms with Crippen LogP contribution in [0.15, 0.2) is 30.3 Å². The van der Waals surface area contributed by atoms with Crippen LogP contribution in [0.5, 0.6) is 0 Å². The summed E-state index contributed by atoms with van der Waals surface area (Å²) in [5.41, 5.74) is 2.72. The van der Waals surface area contributed by atoms with E-state index in [4.69, 9.17) is 23.2 Å². The molecule has 3 saturated heterocycles. The molecule has 0 aromatic heterocycles. The second-order valence-electron chi connectivity index (χ2n) is 9.27. The van der Waals surface area contributed by atoms with Crippen LogP contribution in [0.1, 0.15) is 29.5 Å². The zero-order valence-electron chi connectivity index (χ0n) is 17.6. The van der Waals surface area contributed by atoms with Gasteiger partial charge in [0.1, 0.15) is 5.54 Å². The van der Waals surface area contributed by atoms with Gasteiger partial charge in [-0.25, -0.2) is 4.90 Å². The molecular weight excluding hydrogens is 449 g/mol. The normalized spacial score (nSPS) is 30.8. The van der Waals surface area contributed by atoms with Gasteiger partial charge in [0.2, 0.25) is 17.7 Å². The molecule has 3 amide bonds. The molecule has 4 aliphatic heterocycles. The number of anilines is 2. The van der Waals surface area contributed by atoms with Gasteiger partial charge in [-0.2, -0.15) is 0 Å². The maximum absolute atomic E-state index is 14.0. The monoisotopic (exact) mass is 469 g/mol. The fraction of sp³-hybridized carbons (Fsp3) is 0.375. The summed E-state index contributed by atoms with van der Waals surface area (Å²) in [6.07, 6.45) is 1.66. The van der Waals surface area contributed by atoms with E-state index < -0.39 is 17.4 Å². The van der Waals surface area contributed by atoms with Gasteiger partial charge in [0, 0.05) is 27.3 Å². The Bertz CT molecular complexity index is 1220. The summed E-state index contributed by atoms with van der Waals surface area (Å²) in [5.74, 6) is -2.24. The van der Waals surface area contributed by atoms with Gasteiger partial charge in [0.25, 0.3) is 0 Å². The summed E-state index contributed by atoms with van der Waals surface area (Å²) in [6, 6.07) is 8.56. The molecule has 0 bridgehead atoms. The number of halogens is 2. The van der Waals surface area contributed by atoms with Crippen molar-refractivity contribution in [3.05, 3.63) is 57.1 Å². The zero-order chi connectivity index (χ0) is 22.5. The molecule has 6 rings (SSSR count). The maximum atomic E-state index is 14.0. The number of carbonyl (C=O) groups is 3. The van der Waals surface area contributed by atoms with Gasteiger partial charge in [-0.1, -0.05) is 40.9 Å². The van der Waals surface area contributed by atoms with Crippen molar-refractivity contribution in [2.24, 2.45) is 11.8 Å². The van der Waals surface area contributed by atoms with Crippen LogP contribution in [0.4, 0.5) is 11.4 Å². The Morgan fingerprint density at radius 1 is 1.00 bits per heavy atom. The Morgan fingerprint density at radius 3 is 2.44 bits per heavy atom. The molecule has 6 nitrogen and oxygen atoms in total. The van der Waals surface area contributed by atoms with E-state index in [0.29, 0.717) is 22.3 Å². The second kappa shape index (κ2) is 6.56. The molecule has 3 fully saturated rings. The van der Waals surface area contributed by atoms with Gasteiger partial charge in [-0.3, -0.25) is 19.3 Å². The summed E-state index contributed by atoms with van der Waals surface area (Å²) in [6.45, 7) is 4.63. The fourth-order valence-corrected chi connectivity index (χ4v) is 7.10. The Kier molecular flexibility index (Phi) is 4.15. The van der Waals surface area contributed by atoms with E-state index in [9.17, 15) is 14.4 Å². The smallest absolute Gasteiger partial charge is 0.250 e. The Balaban J connectivity index is 1.58. The number of hydrogen-bond donors (Lipinski definition) is 1. The molecule has 1 N–H and O–H groups in total. The number of nitrogens with one attached hydrogen (secondary N) is 1. The first kappa shape index (κ1) is 20.2. The van der Waals surface area contributed by atoms with Crippen molar-refractivity contribution in [2.75, 3.05) is 16.8 Å². The molecule has 0 aliphatic carbocycles. The van der Waals surface area contributed by atoms with Crippen LogP contribution in [0.3, 0.4) is 0 Å². The van der Waals surface area contributed by atoms with Gasteiger partial charge in [-0.05, 0) is 57.0 Å². The van der Waals surface area contributed by atoms with Gasteiger partial charge in [0.15, 0.2) is 0 Å². The third kappa shape index (κ3) is 2.33. The highest BCUT2D eigenvalue weighted by Crippen LogP contribution is 2.61. The van der Waals surface area contributed by atoms with Crippen molar-refractivity contribution in [1.82, 2.24) is 4.90 Å². The minimum absolute atomic E-state index is 0.159. The van der Waals surface area contributed by atoms with Crippen LogP contribution in [0.25, 0.3) is 0 Å². The molecule has 32 heavy (non-hydrogen) atoms. The lowest BCUT2D eigenvalue weighted by Gasteiger charge is -2.36. The fourth-order valence-electron chi connectivity index (χ4n) is 6.58. The number of aryl methyl sites for hydroxylation is 2. The SMILES string of the molecule is Cc1cc(C)c2c(c1)C1(C(=O)N2)C2C(=O)N(c3cc(Cl)cc(Cl)c3)C(=O)C2C2CCCN21. The molecule has 1 spiro atoms. The molecule has 0 radical (unpaired) electrons. The molecule has 4 atom stereocenters. The Hall–Kier alpha value is -2.41. The van der Waals surface area contributed by atoms with Crippen LogP contribution in [0, 0.1) is 25.7 Å². The number of imide groups is 1. The third-order valence-electron chi connectivity index (χ3n) is 7.55. The standard InChI is InChI=1S/C24H21Cl2N3O3/c1-11-6-12(2)20-16(7-11)24(23(32)27-20)19-18(17-4-3-5-28(17)24)21(30)29(22(19)31)15-9-13(25)8-14(26)10-15/h6-10,17-19H,3-5H2,1-2H3,(H,27,32). The average molecular weight is 470 g/mol. The highest BCUT2D eigenvalue weighted by Gasteiger charge is 2.74. The lowest BCUT2D eigenvalue weighted by atomic mass is 9.75. The minimum atomic E-state index is -1.18. The number of hydrogen-bond acceptors (Lipinski definition) is 4. The first-order valence-corrected chi connectivity index (χ1v) is 11.5. The summed E-state index contributed by atoms with van der Waals surface area (Å²) < 4.78 is 0. The van der Waals surface area contributed by atoms with Crippen molar-refractivity contribution >= 4 is 52.3 Å². The topological polar surface area (TPSA) is 69.7 Å². The van der Waals surface area contributed by atoms with E-state index in [0.717, 1.165) is 35.2 Å². The molecule has 2 aromatic carbocycles. The second-order valence-corrected chi connectivity index (χ2v) is 10.1.